The molecule has 2 nitrogen and oxygen atoms in total. The third-order valence-electron chi connectivity index (χ3n) is 1.26. The van der Waals surface area contributed by atoms with Crippen LogP contribution in [0.3, 0.4) is 0 Å². The van der Waals surface area contributed by atoms with Crippen molar-refractivity contribution in [1.82, 2.24) is 0 Å². The molecule has 1 rings (SSSR count). The number of hydrogen-bond acceptors (Lipinski definition) is 2. The first-order valence-electron chi connectivity index (χ1n) is 3.09. The summed E-state index contributed by atoms with van der Waals surface area (Å²) in [5.41, 5.74) is 1.01. The molecular formula is C8H7O2P. The summed E-state index contributed by atoms with van der Waals surface area (Å²) >= 11 is 0. The van der Waals surface area contributed by atoms with Gasteiger partial charge in [-0.2, -0.15) is 0 Å². The van der Waals surface area contributed by atoms with Crippen LogP contribution in [0.2, 0.25) is 0 Å². The Balaban J connectivity index is 2.81. The zero-order chi connectivity index (χ0) is 8.10. The Kier molecular flexibility index (Phi) is 2.82. The van der Waals surface area contributed by atoms with Gasteiger partial charge in [-0.15, -0.1) is 0 Å². The Bertz CT molecular complexity index is 253. The summed E-state index contributed by atoms with van der Waals surface area (Å²) < 4.78 is 14.7. The maximum atomic E-state index is 9.98. The monoisotopic (exact) mass is 166 g/mol. The maximum Gasteiger partial charge on any atom is 0.395 e. The SMILES string of the molecule is C=Cc1ccc(OP=O)cc1. The Labute approximate surface area is 66.8 Å². The normalized spacial score (nSPS) is 9.45. The third kappa shape index (κ3) is 2.17. The molecule has 0 fully saturated rings. The first kappa shape index (κ1) is 7.96. The molecule has 0 heterocycles. The number of hydrogen-bond donors (Lipinski definition) is 0. The van der Waals surface area contributed by atoms with Crippen molar-refractivity contribution in [2.24, 2.45) is 0 Å². The lowest BCUT2D eigenvalue weighted by Crippen LogP contribution is -1.74. The molecule has 11 heavy (non-hydrogen) atoms. The van der Waals surface area contributed by atoms with Gasteiger partial charge in [-0.1, -0.05) is 24.8 Å². The van der Waals surface area contributed by atoms with Gasteiger partial charge in [0.15, 0.2) is 0 Å². The minimum Gasteiger partial charge on any atom is -0.408 e. The van der Waals surface area contributed by atoms with E-state index in [1.807, 2.05) is 12.1 Å². The van der Waals surface area contributed by atoms with Crippen LogP contribution in [0, 0.1) is 0 Å². The molecule has 0 N–H and O–H groups in total. The fourth-order valence-electron chi connectivity index (χ4n) is 0.708. The molecule has 3 heteroatoms. The van der Waals surface area contributed by atoms with Crippen LogP contribution in [0.15, 0.2) is 30.8 Å². The molecule has 0 atom stereocenters. The molecule has 1 aromatic carbocycles. The average molecular weight is 166 g/mol. The molecule has 0 amide bonds. The molecule has 0 unspecified atom stereocenters. The minimum atomic E-state index is -0.325. The van der Waals surface area contributed by atoms with E-state index in [9.17, 15) is 4.57 Å². The van der Waals surface area contributed by atoms with Gasteiger partial charge in [0.25, 0.3) is 0 Å². The number of benzene rings is 1. The first-order chi connectivity index (χ1) is 5.36. The predicted octanol–water partition coefficient (Wildman–Crippen LogP) is 2.92. The van der Waals surface area contributed by atoms with Gasteiger partial charge >= 0.3 is 8.69 Å². The summed E-state index contributed by atoms with van der Waals surface area (Å²) in [5, 5.41) is 0. The van der Waals surface area contributed by atoms with Crippen LogP contribution in [-0.4, -0.2) is 0 Å². The van der Waals surface area contributed by atoms with Gasteiger partial charge in [0.05, 0.1) is 0 Å². The highest BCUT2D eigenvalue weighted by Gasteiger charge is 1.90. The maximum absolute atomic E-state index is 9.98. The van der Waals surface area contributed by atoms with Gasteiger partial charge in [0, 0.05) is 0 Å². The van der Waals surface area contributed by atoms with Crippen molar-refractivity contribution in [3.63, 3.8) is 0 Å². The zero-order valence-electron chi connectivity index (χ0n) is 5.86. The molecule has 0 aliphatic rings. The van der Waals surface area contributed by atoms with Gasteiger partial charge in [-0.05, 0) is 17.7 Å². The second-order valence-electron chi connectivity index (χ2n) is 1.94. The standard InChI is InChI=1S/C8H7O2P/c1-2-7-3-5-8(6-4-7)10-11-9/h2-6H,1H2. The largest absolute Gasteiger partial charge is 0.408 e. The van der Waals surface area contributed by atoms with Crippen LogP contribution in [0.4, 0.5) is 0 Å². The summed E-state index contributed by atoms with van der Waals surface area (Å²) in [6.07, 6.45) is 1.73. The lowest BCUT2D eigenvalue weighted by molar-refractivity contribution is 0.525. The Morgan fingerprint density at radius 3 is 2.45 bits per heavy atom. The van der Waals surface area contributed by atoms with E-state index in [-0.39, 0.29) is 8.69 Å². The quantitative estimate of drug-likeness (QED) is 0.645. The molecule has 0 aliphatic carbocycles. The molecule has 0 radical (unpaired) electrons. The summed E-state index contributed by atoms with van der Waals surface area (Å²) in [7, 11) is -0.325. The van der Waals surface area contributed by atoms with E-state index in [1.165, 1.54) is 0 Å². The second-order valence-corrected chi connectivity index (χ2v) is 2.27. The van der Waals surface area contributed by atoms with Gasteiger partial charge < -0.3 is 4.52 Å². The van der Waals surface area contributed by atoms with E-state index in [2.05, 4.69) is 11.1 Å². The summed E-state index contributed by atoms with van der Waals surface area (Å²) in [4.78, 5) is 0. The fraction of sp³-hybridized carbons (Fsp3) is 0. The summed E-state index contributed by atoms with van der Waals surface area (Å²) in [6, 6.07) is 7.16. The lowest BCUT2D eigenvalue weighted by Gasteiger charge is -1.95. The van der Waals surface area contributed by atoms with Crippen LogP contribution in [0.5, 0.6) is 5.75 Å². The van der Waals surface area contributed by atoms with Gasteiger partial charge in [-0.25, -0.2) is 4.57 Å². The highest BCUT2D eigenvalue weighted by Crippen LogP contribution is 2.15. The van der Waals surface area contributed by atoms with Crippen molar-refractivity contribution >= 4 is 14.8 Å². The molecule has 0 saturated heterocycles. The van der Waals surface area contributed by atoms with Crippen LogP contribution in [0.25, 0.3) is 6.08 Å². The molecule has 0 aromatic heterocycles. The topological polar surface area (TPSA) is 26.3 Å². The van der Waals surface area contributed by atoms with Crippen molar-refractivity contribution in [1.29, 1.82) is 0 Å². The molecule has 1 aromatic rings. The molecular weight excluding hydrogens is 159 g/mol. The van der Waals surface area contributed by atoms with Crippen molar-refractivity contribution in [3.8, 4) is 5.75 Å². The molecule has 0 spiro atoms. The average Bonchev–Trinajstić information content (AvgIpc) is 2.07. The molecule has 0 saturated carbocycles. The van der Waals surface area contributed by atoms with E-state index < -0.39 is 0 Å². The van der Waals surface area contributed by atoms with Crippen LogP contribution in [-0.2, 0) is 4.57 Å². The predicted molar refractivity (Wildman–Crippen MR) is 44.8 cm³/mol. The van der Waals surface area contributed by atoms with E-state index in [1.54, 1.807) is 18.2 Å². The molecule has 0 aliphatic heterocycles. The van der Waals surface area contributed by atoms with Gasteiger partial charge in [-0.3, -0.25) is 0 Å². The van der Waals surface area contributed by atoms with Gasteiger partial charge in [0.2, 0.25) is 0 Å². The third-order valence-corrected chi connectivity index (χ3v) is 1.54. The van der Waals surface area contributed by atoms with E-state index in [0.717, 1.165) is 5.56 Å². The van der Waals surface area contributed by atoms with Crippen molar-refractivity contribution in [3.05, 3.63) is 36.4 Å². The van der Waals surface area contributed by atoms with Crippen LogP contribution in [0.1, 0.15) is 5.56 Å². The lowest BCUT2D eigenvalue weighted by atomic mass is 10.2. The first-order valence-corrected chi connectivity index (χ1v) is 3.82. The van der Waals surface area contributed by atoms with Crippen LogP contribution < -0.4 is 4.52 Å². The Morgan fingerprint density at radius 2 is 2.00 bits per heavy atom. The highest BCUT2D eigenvalue weighted by molar-refractivity contribution is 7.17. The number of rotatable bonds is 3. The van der Waals surface area contributed by atoms with E-state index in [0.29, 0.717) is 5.75 Å². The van der Waals surface area contributed by atoms with Crippen molar-refractivity contribution < 1.29 is 9.09 Å². The smallest absolute Gasteiger partial charge is 0.395 e. The van der Waals surface area contributed by atoms with Crippen molar-refractivity contribution in [2.75, 3.05) is 0 Å². The fourth-order valence-corrected chi connectivity index (χ4v) is 0.916. The Morgan fingerprint density at radius 1 is 1.36 bits per heavy atom. The molecule has 56 valence electrons. The van der Waals surface area contributed by atoms with Crippen molar-refractivity contribution in [2.45, 2.75) is 0 Å². The highest BCUT2D eigenvalue weighted by atomic mass is 31.1. The van der Waals surface area contributed by atoms with Crippen LogP contribution >= 0.6 is 8.69 Å². The second kappa shape index (κ2) is 3.89. The van der Waals surface area contributed by atoms with E-state index >= 15 is 0 Å². The summed E-state index contributed by atoms with van der Waals surface area (Å²) in [5.74, 6) is 0.590. The Hall–Kier alpha value is -1.14. The molecule has 0 bridgehead atoms. The zero-order valence-corrected chi connectivity index (χ0v) is 6.75. The minimum absolute atomic E-state index is 0.325. The van der Waals surface area contributed by atoms with Gasteiger partial charge in [0.1, 0.15) is 5.75 Å². The summed E-state index contributed by atoms with van der Waals surface area (Å²) in [6.45, 7) is 3.60. The van der Waals surface area contributed by atoms with E-state index in [4.69, 9.17) is 0 Å².